The Balaban J connectivity index is 4.01. The Labute approximate surface area is 319 Å². The summed E-state index contributed by atoms with van der Waals surface area (Å²) in [5.74, 6) is 0.271. The van der Waals surface area contributed by atoms with Gasteiger partial charge in [0, 0.05) is 33.0 Å². The number of unbranched alkanes of at least 4 members (excludes halogenated alkanes) is 24. The molecule has 0 rings (SSSR count). The van der Waals surface area contributed by atoms with Crippen molar-refractivity contribution in [3.8, 4) is 0 Å². The molecule has 0 radical (unpaired) electrons. The topological polar surface area (TPSA) is 67.9 Å². The van der Waals surface area contributed by atoms with Crippen molar-refractivity contribution in [2.45, 2.75) is 239 Å². The highest BCUT2D eigenvalue weighted by atomic mass is 16.5. The van der Waals surface area contributed by atoms with Crippen molar-refractivity contribution in [1.29, 1.82) is 0 Å². The fourth-order valence-corrected chi connectivity index (χ4v) is 7.05. The van der Waals surface area contributed by atoms with Gasteiger partial charge in [0.05, 0.1) is 6.61 Å². The lowest BCUT2D eigenvalue weighted by Gasteiger charge is -2.22. The first-order valence-electron chi connectivity index (χ1n) is 22.7. The zero-order valence-corrected chi connectivity index (χ0v) is 35.0. The van der Waals surface area contributed by atoms with Crippen molar-refractivity contribution in [2.75, 3.05) is 39.9 Å². The van der Waals surface area contributed by atoms with Crippen LogP contribution in [0.1, 0.15) is 233 Å². The van der Waals surface area contributed by atoms with Crippen molar-refractivity contribution in [3.05, 3.63) is 0 Å². The lowest BCUT2D eigenvalue weighted by atomic mass is 10.0. The normalized spacial score (nSPS) is 11.6. The smallest absolute Gasteiger partial charge is 0.306 e. The summed E-state index contributed by atoms with van der Waals surface area (Å²) in [6.45, 7) is 11.7. The highest BCUT2D eigenvalue weighted by Gasteiger charge is 2.14. The zero-order chi connectivity index (χ0) is 37.3. The third-order valence-corrected chi connectivity index (χ3v) is 10.5. The first-order valence-corrected chi connectivity index (χ1v) is 22.7. The second-order valence-electron chi connectivity index (χ2n) is 15.6. The Hall–Kier alpha value is -1.14. The van der Waals surface area contributed by atoms with Gasteiger partial charge in [-0.1, -0.05) is 162 Å². The maximum atomic E-state index is 12.7. The minimum Gasteiger partial charge on any atom is -0.462 e. The molecule has 0 saturated heterocycles. The summed E-state index contributed by atoms with van der Waals surface area (Å²) in [6.07, 6.45) is 39.5. The van der Waals surface area contributed by atoms with E-state index in [1.165, 1.54) is 161 Å². The maximum absolute atomic E-state index is 12.7. The molecule has 51 heavy (non-hydrogen) atoms. The van der Waals surface area contributed by atoms with E-state index >= 15 is 0 Å². The molecule has 0 atom stereocenters. The molecule has 6 nitrogen and oxygen atoms in total. The summed E-state index contributed by atoms with van der Waals surface area (Å²) in [6, 6.07) is 0. The number of hydrogen-bond donors (Lipinski definition) is 1. The molecule has 0 heterocycles. The molecule has 0 saturated carbocycles. The van der Waals surface area contributed by atoms with Crippen LogP contribution in [-0.2, 0) is 19.1 Å². The monoisotopic (exact) mass is 723 g/mol. The van der Waals surface area contributed by atoms with Gasteiger partial charge in [-0.2, -0.15) is 0 Å². The molecular formula is C45H90N2O4. The third kappa shape index (κ3) is 38.4. The van der Waals surface area contributed by atoms with Crippen LogP contribution in [0.4, 0.5) is 0 Å². The molecule has 1 N–H and O–H groups in total. The maximum Gasteiger partial charge on any atom is 0.306 e. The van der Waals surface area contributed by atoms with Crippen LogP contribution in [-0.4, -0.2) is 62.8 Å². The Morgan fingerprint density at radius 2 is 0.902 bits per heavy atom. The molecule has 0 aliphatic heterocycles. The Kier molecular flexibility index (Phi) is 40.7. The molecule has 0 aliphatic carbocycles. The van der Waals surface area contributed by atoms with Crippen molar-refractivity contribution < 1.29 is 19.1 Å². The number of nitrogens with zero attached hydrogens (tertiary/aromatic N) is 1. The predicted molar refractivity (Wildman–Crippen MR) is 221 cm³/mol. The van der Waals surface area contributed by atoms with E-state index in [1.54, 1.807) is 7.11 Å². The molecule has 0 aromatic rings. The number of nitrogens with one attached hydrogen (secondary N) is 1. The number of esters is 1. The van der Waals surface area contributed by atoms with Crippen LogP contribution >= 0.6 is 0 Å². The summed E-state index contributed by atoms with van der Waals surface area (Å²) in [7, 11) is 1.79. The molecular weight excluding hydrogens is 633 g/mol. The van der Waals surface area contributed by atoms with Gasteiger partial charge in [-0.15, -0.1) is 0 Å². The molecule has 304 valence electrons. The SMILES string of the molecule is CCCCCCCCCC(=O)NCCCCCCCN(CCCCCCCC(=O)OC(CCCCCCCC)CCCCCCCC)CCOC. The van der Waals surface area contributed by atoms with Gasteiger partial charge in [-0.05, 0) is 70.9 Å². The quantitative estimate of drug-likeness (QED) is 0.0502. The number of carbonyl (C=O) groups is 2. The van der Waals surface area contributed by atoms with Gasteiger partial charge in [0.1, 0.15) is 6.10 Å². The molecule has 0 spiro atoms. The molecule has 0 aliphatic rings. The number of methoxy groups -OCH3 is 1. The largest absolute Gasteiger partial charge is 0.462 e. The van der Waals surface area contributed by atoms with E-state index in [4.69, 9.17) is 9.47 Å². The van der Waals surface area contributed by atoms with E-state index < -0.39 is 0 Å². The number of ether oxygens (including phenoxy) is 2. The van der Waals surface area contributed by atoms with Gasteiger partial charge >= 0.3 is 5.97 Å². The van der Waals surface area contributed by atoms with Crippen molar-refractivity contribution in [1.82, 2.24) is 10.2 Å². The third-order valence-electron chi connectivity index (χ3n) is 10.5. The highest BCUT2D eigenvalue weighted by molar-refractivity contribution is 5.75. The fourth-order valence-electron chi connectivity index (χ4n) is 7.05. The van der Waals surface area contributed by atoms with Crippen LogP contribution in [0.15, 0.2) is 0 Å². The van der Waals surface area contributed by atoms with Gasteiger partial charge in [-0.3, -0.25) is 9.59 Å². The molecule has 6 heteroatoms. The van der Waals surface area contributed by atoms with Crippen LogP contribution in [0.3, 0.4) is 0 Å². The van der Waals surface area contributed by atoms with Gasteiger partial charge in [0.15, 0.2) is 0 Å². The summed E-state index contributed by atoms with van der Waals surface area (Å²) >= 11 is 0. The number of rotatable bonds is 42. The van der Waals surface area contributed by atoms with Crippen molar-refractivity contribution in [2.24, 2.45) is 0 Å². The average Bonchev–Trinajstić information content (AvgIpc) is 3.13. The molecule has 0 unspecified atom stereocenters. The Bertz CT molecular complexity index is 702. The second kappa shape index (κ2) is 41.6. The number of amides is 1. The van der Waals surface area contributed by atoms with Crippen LogP contribution in [0.5, 0.6) is 0 Å². The van der Waals surface area contributed by atoms with Gasteiger partial charge in [0.25, 0.3) is 0 Å². The minimum atomic E-state index is 0.0336. The lowest BCUT2D eigenvalue weighted by molar-refractivity contribution is -0.150. The first kappa shape index (κ1) is 49.9. The van der Waals surface area contributed by atoms with Crippen LogP contribution < -0.4 is 5.32 Å². The zero-order valence-electron chi connectivity index (χ0n) is 35.0. The molecule has 1 amide bonds. The average molecular weight is 723 g/mol. The van der Waals surface area contributed by atoms with E-state index in [1.807, 2.05) is 0 Å². The lowest BCUT2D eigenvalue weighted by Crippen LogP contribution is -2.29. The predicted octanol–water partition coefficient (Wildman–Crippen LogP) is 12.9. The van der Waals surface area contributed by atoms with Crippen molar-refractivity contribution >= 4 is 11.9 Å². The van der Waals surface area contributed by atoms with Gasteiger partial charge < -0.3 is 19.7 Å². The fraction of sp³-hybridized carbons (Fsp3) is 0.956. The number of hydrogen-bond acceptors (Lipinski definition) is 5. The number of carbonyl (C=O) groups excluding carboxylic acids is 2. The summed E-state index contributed by atoms with van der Waals surface area (Å²) < 4.78 is 11.4. The molecule has 0 fully saturated rings. The minimum absolute atomic E-state index is 0.0336. The van der Waals surface area contributed by atoms with Gasteiger partial charge in [-0.25, -0.2) is 0 Å². The van der Waals surface area contributed by atoms with Gasteiger partial charge in [0.2, 0.25) is 5.91 Å². The van der Waals surface area contributed by atoms with E-state index in [0.29, 0.717) is 12.8 Å². The highest BCUT2D eigenvalue weighted by Crippen LogP contribution is 2.18. The first-order chi connectivity index (χ1) is 25.1. The van der Waals surface area contributed by atoms with Crippen LogP contribution in [0.25, 0.3) is 0 Å². The van der Waals surface area contributed by atoms with E-state index in [2.05, 4.69) is 31.0 Å². The van der Waals surface area contributed by atoms with Crippen LogP contribution in [0, 0.1) is 0 Å². The summed E-state index contributed by atoms with van der Waals surface area (Å²) in [4.78, 5) is 27.4. The van der Waals surface area contributed by atoms with Crippen molar-refractivity contribution in [3.63, 3.8) is 0 Å². The standard InChI is InChI=1S/C45H90N2O4/c1-5-8-11-14-17-22-29-36-44(48)46-38-31-24-19-26-33-40-47(41-42-50-4)39-32-25-18-23-30-37-45(49)51-43(34-27-20-15-12-9-6-2)35-28-21-16-13-10-7-3/h43H,5-42H2,1-4H3,(H,46,48). The molecule has 0 aromatic heterocycles. The van der Waals surface area contributed by atoms with E-state index in [9.17, 15) is 9.59 Å². The molecule has 0 aromatic carbocycles. The summed E-state index contributed by atoms with van der Waals surface area (Å²) in [5.41, 5.74) is 0. The van der Waals surface area contributed by atoms with E-state index in [0.717, 1.165) is 71.3 Å². The Morgan fingerprint density at radius 1 is 0.490 bits per heavy atom. The van der Waals surface area contributed by atoms with Crippen LogP contribution in [0.2, 0.25) is 0 Å². The summed E-state index contributed by atoms with van der Waals surface area (Å²) in [5, 5.41) is 3.12. The molecule has 0 bridgehead atoms. The van der Waals surface area contributed by atoms with E-state index in [-0.39, 0.29) is 18.0 Å². The second-order valence-corrected chi connectivity index (χ2v) is 15.6. The Morgan fingerprint density at radius 3 is 1.39 bits per heavy atom.